The molecule has 2 aromatic rings. The molecule has 0 saturated heterocycles. The summed E-state index contributed by atoms with van der Waals surface area (Å²) in [6, 6.07) is 10.3. The lowest BCUT2D eigenvalue weighted by molar-refractivity contribution is -0.127. The average molecular weight is 428 g/mol. The van der Waals surface area contributed by atoms with E-state index >= 15 is 0 Å². The average Bonchev–Trinajstić information content (AvgIpc) is 3.19. The molecule has 1 aromatic heterocycles. The zero-order valence-electron chi connectivity index (χ0n) is 17.9. The molecule has 2 atom stereocenters. The fourth-order valence-corrected chi connectivity index (χ4v) is 4.80. The van der Waals surface area contributed by atoms with Gasteiger partial charge in [0, 0.05) is 25.2 Å². The summed E-state index contributed by atoms with van der Waals surface area (Å²) in [7, 11) is 3.39. The summed E-state index contributed by atoms with van der Waals surface area (Å²) in [5.74, 6) is 2.44. The maximum Gasteiger partial charge on any atom is 0.232 e. The largest absolute Gasteiger partial charge is 0.497 e. The van der Waals surface area contributed by atoms with Gasteiger partial charge in [0.15, 0.2) is 11.0 Å². The van der Waals surface area contributed by atoms with Gasteiger partial charge < -0.3 is 9.64 Å². The topological polar surface area (TPSA) is 84.0 Å². The van der Waals surface area contributed by atoms with Crippen LogP contribution in [-0.2, 0) is 4.79 Å². The maximum absolute atomic E-state index is 12.4. The second-order valence-electron chi connectivity index (χ2n) is 7.75. The van der Waals surface area contributed by atoms with Crippen molar-refractivity contribution in [3.8, 4) is 23.2 Å². The molecule has 3 rings (SSSR count). The summed E-state index contributed by atoms with van der Waals surface area (Å²) in [5.41, 5.74) is 0.991. The van der Waals surface area contributed by atoms with Crippen LogP contribution in [0, 0.1) is 17.2 Å². The molecule has 1 amide bonds. The molecule has 0 N–H and O–H groups in total. The molecule has 8 heteroatoms. The number of hydrogen-bond acceptors (Lipinski definition) is 6. The van der Waals surface area contributed by atoms with Crippen molar-refractivity contribution in [2.24, 2.45) is 5.92 Å². The van der Waals surface area contributed by atoms with E-state index in [0.29, 0.717) is 24.9 Å². The maximum atomic E-state index is 12.4. The number of carbonyl (C=O) groups is 1. The van der Waals surface area contributed by atoms with Gasteiger partial charge in [-0.3, -0.25) is 9.36 Å². The van der Waals surface area contributed by atoms with Crippen LogP contribution in [0.4, 0.5) is 0 Å². The molecule has 1 heterocycles. The van der Waals surface area contributed by atoms with Gasteiger partial charge in [-0.2, -0.15) is 5.26 Å². The quantitative estimate of drug-likeness (QED) is 0.588. The van der Waals surface area contributed by atoms with Crippen LogP contribution >= 0.6 is 11.8 Å². The molecular weight excluding hydrogens is 398 g/mol. The van der Waals surface area contributed by atoms with Crippen molar-refractivity contribution >= 4 is 17.7 Å². The van der Waals surface area contributed by atoms with Crippen molar-refractivity contribution in [3.63, 3.8) is 0 Å². The second-order valence-corrected chi connectivity index (χ2v) is 8.69. The minimum atomic E-state index is -0.00695. The van der Waals surface area contributed by atoms with Crippen molar-refractivity contribution in [1.29, 1.82) is 5.26 Å². The van der Waals surface area contributed by atoms with Crippen LogP contribution in [0.15, 0.2) is 29.4 Å². The number of nitriles is 1. The number of rotatable bonds is 8. The molecule has 1 aromatic carbocycles. The van der Waals surface area contributed by atoms with Gasteiger partial charge in [0.2, 0.25) is 5.91 Å². The standard InChI is InChI=1S/C22H29N5O2S/c1-16-7-4-5-8-19(16)27-21(17-9-11-18(29-3)12-10-17)24-25-22(27)30-15-20(28)26(2)14-6-13-23/h9-12,16,19H,4-8,14-15H2,1-3H3/t16-,19-/m1/s1. The van der Waals surface area contributed by atoms with Crippen molar-refractivity contribution in [1.82, 2.24) is 19.7 Å². The number of methoxy groups -OCH3 is 1. The highest BCUT2D eigenvalue weighted by Crippen LogP contribution is 2.39. The van der Waals surface area contributed by atoms with Gasteiger partial charge in [0.25, 0.3) is 0 Å². The van der Waals surface area contributed by atoms with Gasteiger partial charge in [-0.25, -0.2) is 0 Å². The Morgan fingerprint density at radius 2 is 2.03 bits per heavy atom. The Labute approximate surface area is 182 Å². The highest BCUT2D eigenvalue weighted by molar-refractivity contribution is 7.99. The molecule has 7 nitrogen and oxygen atoms in total. The van der Waals surface area contributed by atoms with Crippen LogP contribution in [0.25, 0.3) is 11.4 Å². The number of benzene rings is 1. The third-order valence-corrected chi connectivity index (χ3v) is 6.65. The molecule has 0 radical (unpaired) electrons. The van der Waals surface area contributed by atoms with Crippen LogP contribution < -0.4 is 4.74 Å². The van der Waals surface area contributed by atoms with E-state index in [1.54, 1.807) is 19.1 Å². The fourth-order valence-electron chi connectivity index (χ4n) is 3.87. The minimum absolute atomic E-state index is 0.00695. The Bertz CT molecular complexity index is 890. The number of ether oxygens (including phenoxy) is 1. The zero-order chi connectivity index (χ0) is 21.5. The molecule has 1 fully saturated rings. The highest BCUT2D eigenvalue weighted by atomic mass is 32.2. The molecular formula is C22H29N5O2S. The number of hydrogen-bond donors (Lipinski definition) is 0. The molecule has 160 valence electrons. The normalized spacial score (nSPS) is 18.6. The fraction of sp³-hybridized carbons (Fsp3) is 0.545. The Hall–Kier alpha value is -2.53. The van der Waals surface area contributed by atoms with Gasteiger partial charge >= 0.3 is 0 Å². The molecule has 0 bridgehead atoms. The van der Waals surface area contributed by atoms with Gasteiger partial charge in [0.1, 0.15) is 5.75 Å². The van der Waals surface area contributed by atoms with E-state index in [4.69, 9.17) is 10.00 Å². The van der Waals surface area contributed by atoms with Gasteiger partial charge in [0.05, 0.1) is 25.4 Å². The Kier molecular flexibility index (Phi) is 7.75. The second kappa shape index (κ2) is 10.5. The summed E-state index contributed by atoms with van der Waals surface area (Å²) in [6.45, 7) is 2.73. The zero-order valence-corrected chi connectivity index (χ0v) is 18.7. The van der Waals surface area contributed by atoms with Gasteiger partial charge in [-0.15, -0.1) is 10.2 Å². The molecule has 1 aliphatic carbocycles. The first-order valence-electron chi connectivity index (χ1n) is 10.4. The van der Waals surface area contributed by atoms with Crippen LogP contribution in [0.3, 0.4) is 0 Å². The summed E-state index contributed by atoms with van der Waals surface area (Å²) in [6.07, 6.45) is 5.05. The van der Waals surface area contributed by atoms with Crippen LogP contribution in [0.1, 0.15) is 45.1 Å². The molecule has 0 spiro atoms. The number of thioether (sulfide) groups is 1. The predicted octanol–water partition coefficient (Wildman–Crippen LogP) is 4.17. The Balaban J connectivity index is 1.86. The van der Waals surface area contributed by atoms with E-state index in [0.717, 1.165) is 28.7 Å². The van der Waals surface area contributed by atoms with Crippen molar-refractivity contribution in [3.05, 3.63) is 24.3 Å². The molecule has 1 saturated carbocycles. The number of carbonyl (C=O) groups excluding carboxylic acids is 1. The predicted molar refractivity (Wildman–Crippen MR) is 117 cm³/mol. The van der Waals surface area contributed by atoms with E-state index in [1.807, 2.05) is 24.3 Å². The highest BCUT2D eigenvalue weighted by Gasteiger charge is 2.29. The Morgan fingerprint density at radius 3 is 2.70 bits per heavy atom. The molecule has 0 aliphatic heterocycles. The van der Waals surface area contributed by atoms with Gasteiger partial charge in [-0.05, 0) is 43.0 Å². The van der Waals surface area contributed by atoms with E-state index in [2.05, 4.69) is 27.8 Å². The van der Waals surface area contributed by atoms with Crippen LogP contribution in [0.5, 0.6) is 5.75 Å². The monoisotopic (exact) mass is 427 g/mol. The third kappa shape index (κ3) is 5.14. The van der Waals surface area contributed by atoms with Crippen molar-refractivity contribution < 1.29 is 9.53 Å². The lowest BCUT2D eigenvalue weighted by Crippen LogP contribution is -2.29. The van der Waals surface area contributed by atoms with Crippen LogP contribution in [0.2, 0.25) is 0 Å². The number of amides is 1. The SMILES string of the molecule is COc1ccc(-c2nnc(SCC(=O)N(C)CCC#N)n2[C@@H]2CCCC[C@H]2C)cc1. The first-order valence-corrected chi connectivity index (χ1v) is 11.4. The first kappa shape index (κ1) is 22.2. The lowest BCUT2D eigenvalue weighted by Gasteiger charge is -2.31. The number of nitrogens with zero attached hydrogens (tertiary/aromatic N) is 5. The van der Waals surface area contributed by atoms with E-state index < -0.39 is 0 Å². The van der Waals surface area contributed by atoms with E-state index in [9.17, 15) is 4.79 Å². The van der Waals surface area contributed by atoms with Crippen molar-refractivity contribution in [2.75, 3.05) is 26.5 Å². The summed E-state index contributed by atoms with van der Waals surface area (Å²) < 4.78 is 7.51. The number of aromatic nitrogens is 3. The summed E-state index contributed by atoms with van der Waals surface area (Å²) in [5, 5.41) is 18.5. The molecule has 1 aliphatic rings. The lowest BCUT2D eigenvalue weighted by atomic mass is 9.85. The van der Waals surface area contributed by atoms with E-state index in [1.165, 1.54) is 31.0 Å². The molecule has 30 heavy (non-hydrogen) atoms. The molecule has 0 unspecified atom stereocenters. The van der Waals surface area contributed by atoms with Crippen LogP contribution in [-0.4, -0.2) is 52.0 Å². The van der Waals surface area contributed by atoms with E-state index in [-0.39, 0.29) is 11.7 Å². The third-order valence-electron chi connectivity index (χ3n) is 5.72. The summed E-state index contributed by atoms with van der Waals surface area (Å²) >= 11 is 1.43. The minimum Gasteiger partial charge on any atom is -0.497 e. The smallest absolute Gasteiger partial charge is 0.232 e. The van der Waals surface area contributed by atoms with Crippen molar-refractivity contribution in [2.45, 2.75) is 50.2 Å². The first-order chi connectivity index (χ1) is 14.5. The van der Waals surface area contributed by atoms with Gasteiger partial charge in [-0.1, -0.05) is 31.5 Å². The summed E-state index contributed by atoms with van der Waals surface area (Å²) in [4.78, 5) is 14.0. The Morgan fingerprint density at radius 1 is 1.30 bits per heavy atom.